The molecule has 0 unspecified atom stereocenters. The van der Waals surface area contributed by atoms with Crippen molar-refractivity contribution in [1.82, 2.24) is 20.2 Å². The second-order valence-electron chi connectivity index (χ2n) is 4.83. The maximum absolute atomic E-state index is 13.0. The molecule has 3 aromatic rings. The highest BCUT2D eigenvalue weighted by atomic mass is 32.2. The minimum Gasteiger partial charge on any atom is -0.508 e. The number of aromatic hydroxyl groups is 1. The molecular formula is C15H11F3N4OS. The van der Waals surface area contributed by atoms with Crippen LogP contribution in [-0.4, -0.2) is 25.3 Å². The predicted molar refractivity (Wildman–Crippen MR) is 81.8 cm³/mol. The first-order chi connectivity index (χ1) is 11.4. The smallest absolute Gasteiger partial charge is 0.416 e. The summed E-state index contributed by atoms with van der Waals surface area (Å²) in [5.74, 6) is 0.175. The van der Waals surface area contributed by atoms with Gasteiger partial charge in [0.15, 0.2) is 0 Å². The first-order valence-electron chi connectivity index (χ1n) is 6.81. The molecule has 0 saturated heterocycles. The molecule has 5 nitrogen and oxygen atoms in total. The summed E-state index contributed by atoms with van der Waals surface area (Å²) >= 11 is 1.10. The Kier molecular flexibility index (Phi) is 4.43. The van der Waals surface area contributed by atoms with Crippen molar-refractivity contribution in [2.45, 2.75) is 17.1 Å². The van der Waals surface area contributed by atoms with E-state index < -0.39 is 11.7 Å². The van der Waals surface area contributed by atoms with Crippen LogP contribution in [0.4, 0.5) is 13.2 Å². The summed E-state index contributed by atoms with van der Waals surface area (Å²) in [6.07, 6.45) is -4.40. The first kappa shape index (κ1) is 16.3. The van der Waals surface area contributed by atoms with Crippen LogP contribution < -0.4 is 0 Å². The van der Waals surface area contributed by atoms with Crippen molar-refractivity contribution in [3.05, 3.63) is 59.7 Å². The lowest BCUT2D eigenvalue weighted by molar-refractivity contribution is -0.138. The molecule has 1 aromatic heterocycles. The van der Waals surface area contributed by atoms with Gasteiger partial charge in [-0.15, -0.1) is 5.10 Å². The Labute approximate surface area is 139 Å². The van der Waals surface area contributed by atoms with Gasteiger partial charge in [-0.2, -0.15) is 17.9 Å². The number of aromatic nitrogens is 4. The van der Waals surface area contributed by atoms with E-state index >= 15 is 0 Å². The number of halogens is 3. The van der Waals surface area contributed by atoms with E-state index in [9.17, 15) is 18.3 Å². The van der Waals surface area contributed by atoms with E-state index in [1.54, 1.807) is 18.2 Å². The Morgan fingerprint density at radius 1 is 1.04 bits per heavy atom. The number of hydrogen-bond donors (Lipinski definition) is 1. The normalized spacial score (nSPS) is 11.6. The average Bonchev–Trinajstić information content (AvgIpc) is 3.01. The molecule has 24 heavy (non-hydrogen) atoms. The van der Waals surface area contributed by atoms with Gasteiger partial charge in [0, 0.05) is 5.75 Å². The molecule has 0 amide bonds. The second-order valence-corrected chi connectivity index (χ2v) is 5.78. The number of thioether (sulfide) groups is 1. The number of phenols is 1. The van der Waals surface area contributed by atoms with E-state index in [4.69, 9.17) is 0 Å². The van der Waals surface area contributed by atoms with Gasteiger partial charge in [-0.1, -0.05) is 30.0 Å². The van der Waals surface area contributed by atoms with E-state index in [-0.39, 0.29) is 17.1 Å². The average molecular weight is 352 g/mol. The zero-order valence-electron chi connectivity index (χ0n) is 12.1. The molecule has 9 heteroatoms. The second kappa shape index (κ2) is 6.52. The summed E-state index contributed by atoms with van der Waals surface area (Å²) in [5.41, 5.74) is 0.0980. The lowest BCUT2D eigenvalue weighted by atomic mass is 10.1. The van der Waals surface area contributed by atoms with Gasteiger partial charge in [0.25, 0.3) is 0 Å². The van der Waals surface area contributed by atoms with Crippen molar-refractivity contribution in [3.63, 3.8) is 0 Å². The molecule has 0 aliphatic carbocycles. The van der Waals surface area contributed by atoms with Crippen molar-refractivity contribution in [2.24, 2.45) is 0 Å². The molecule has 3 rings (SSSR count). The van der Waals surface area contributed by atoms with Gasteiger partial charge in [-0.25, -0.2) is 0 Å². The summed E-state index contributed by atoms with van der Waals surface area (Å²) in [6, 6.07) is 11.6. The van der Waals surface area contributed by atoms with Crippen LogP contribution in [0.25, 0.3) is 5.69 Å². The molecule has 0 saturated carbocycles. The zero-order valence-corrected chi connectivity index (χ0v) is 12.9. The van der Waals surface area contributed by atoms with Crippen molar-refractivity contribution in [3.8, 4) is 11.4 Å². The minimum atomic E-state index is -4.40. The highest BCUT2D eigenvalue weighted by molar-refractivity contribution is 7.98. The van der Waals surface area contributed by atoms with Crippen LogP contribution in [0.5, 0.6) is 5.75 Å². The Morgan fingerprint density at radius 3 is 2.46 bits per heavy atom. The SMILES string of the molecule is Oc1ccc(-n2nnnc2SCc2ccccc2C(F)(F)F)cc1. The number of phenolic OH excluding ortho intramolecular Hbond substituents is 1. The molecule has 0 aliphatic heterocycles. The minimum absolute atomic E-state index is 0.0775. The Bertz CT molecular complexity index is 833. The Morgan fingerprint density at radius 2 is 1.75 bits per heavy atom. The molecule has 0 radical (unpaired) electrons. The number of tetrazole rings is 1. The highest BCUT2D eigenvalue weighted by Crippen LogP contribution is 2.34. The van der Waals surface area contributed by atoms with Crippen molar-refractivity contribution >= 4 is 11.8 Å². The molecule has 0 aliphatic rings. The predicted octanol–water partition coefficient (Wildman–Crippen LogP) is 3.68. The maximum Gasteiger partial charge on any atom is 0.416 e. The first-order valence-corrected chi connectivity index (χ1v) is 7.79. The number of rotatable bonds is 4. The molecule has 0 fully saturated rings. The number of hydrogen-bond acceptors (Lipinski definition) is 5. The number of nitrogens with zero attached hydrogens (tertiary/aromatic N) is 4. The van der Waals surface area contributed by atoms with E-state index in [1.807, 2.05) is 0 Å². The van der Waals surface area contributed by atoms with Gasteiger partial charge >= 0.3 is 6.18 Å². The van der Waals surface area contributed by atoms with Crippen LogP contribution in [0.3, 0.4) is 0 Å². The van der Waals surface area contributed by atoms with Crippen LogP contribution in [0, 0.1) is 0 Å². The van der Waals surface area contributed by atoms with Crippen LogP contribution >= 0.6 is 11.8 Å². The van der Waals surface area contributed by atoms with Gasteiger partial charge in [-0.05, 0) is 46.3 Å². The summed E-state index contributed by atoms with van der Waals surface area (Å²) < 4.78 is 40.5. The Hall–Kier alpha value is -2.55. The van der Waals surface area contributed by atoms with Crippen molar-refractivity contribution in [1.29, 1.82) is 0 Å². The third-order valence-electron chi connectivity index (χ3n) is 3.21. The monoisotopic (exact) mass is 352 g/mol. The summed E-state index contributed by atoms with van der Waals surface area (Å²) in [5, 5.41) is 20.9. The van der Waals surface area contributed by atoms with Gasteiger partial charge in [-0.3, -0.25) is 0 Å². The van der Waals surface area contributed by atoms with Gasteiger partial charge in [0.2, 0.25) is 5.16 Å². The zero-order chi connectivity index (χ0) is 17.2. The van der Waals surface area contributed by atoms with E-state index in [0.29, 0.717) is 10.8 Å². The van der Waals surface area contributed by atoms with Crippen molar-refractivity contribution in [2.75, 3.05) is 0 Å². The summed E-state index contributed by atoms with van der Waals surface area (Å²) in [7, 11) is 0. The van der Waals surface area contributed by atoms with Gasteiger partial charge < -0.3 is 5.11 Å². The Balaban J connectivity index is 1.82. The fraction of sp³-hybridized carbons (Fsp3) is 0.133. The van der Waals surface area contributed by atoms with Crippen LogP contribution in [0.1, 0.15) is 11.1 Å². The van der Waals surface area contributed by atoms with E-state index in [0.717, 1.165) is 17.8 Å². The van der Waals surface area contributed by atoms with E-state index in [2.05, 4.69) is 15.5 Å². The number of benzene rings is 2. The molecule has 0 atom stereocenters. The van der Waals surface area contributed by atoms with Crippen LogP contribution in [0.15, 0.2) is 53.7 Å². The molecule has 0 bridgehead atoms. The van der Waals surface area contributed by atoms with Crippen LogP contribution in [-0.2, 0) is 11.9 Å². The topological polar surface area (TPSA) is 63.8 Å². The largest absolute Gasteiger partial charge is 0.508 e. The third-order valence-corrected chi connectivity index (χ3v) is 4.18. The number of alkyl halides is 3. The highest BCUT2D eigenvalue weighted by Gasteiger charge is 2.32. The van der Waals surface area contributed by atoms with Crippen LogP contribution in [0.2, 0.25) is 0 Å². The maximum atomic E-state index is 13.0. The standard InChI is InChI=1S/C15H11F3N4OS/c16-15(17,18)13-4-2-1-3-10(13)9-24-14-19-20-21-22(14)11-5-7-12(23)8-6-11/h1-8,23H,9H2. The molecule has 0 spiro atoms. The van der Waals surface area contributed by atoms with Gasteiger partial charge in [0.1, 0.15) is 5.75 Å². The molecule has 1 N–H and O–H groups in total. The van der Waals surface area contributed by atoms with Crippen molar-refractivity contribution < 1.29 is 18.3 Å². The van der Waals surface area contributed by atoms with Gasteiger partial charge in [0.05, 0.1) is 11.3 Å². The fourth-order valence-corrected chi connectivity index (χ4v) is 2.98. The van der Waals surface area contributed by atoms with E-state index in [1.165, 1.54) is 28.9 Å². The quantitative estimate of drug-likeness (QED) is 0.726. The summed E-state index contributed by atoms with van der Waals surface area (Å²) in [6.45, 7) is 0. The third kappa shape index (κ3) is 3.51. The molecular weight excluding hydrogens is 341 g/mol. The lowest BCUT2D eigenvalue weighted by Gasteiger charge is -2.12. The molecule has 1 heterocycles. The summed E-state index contributed by atoms with van der Waals surface area (Å²) in [4.78, 5) is 0. The lowest BCUT2D eigenvalue weighted by Crippen LogP contribution is -2.08. The molecule has 124 valence electrons. The molecule has 2 aromatic carbocycles. The fourth-order valence-electron chi connectivity index (χ4n) is 2.09.